The van der Waals surface area contributed by atoms with Gasteiger partial charge in [-0.25, -0.2) is 0 Å². The van der Waals surface area contributed by atoms with Gasteiger partial charge in [-0.3, -0.25) is 9.59 Å². The highest BCUT2D eigenvalue weighted by Crippen LogP contribution is 2.25. The fourth-order valence-electron chi connectivity index (χ4n) is 3.71. The van der Waals surface area contributed by atoms with E-state index in [4.69, 9.17) is 4.74 Å². The predicted octanol–water partition coefficient (Wildman–Crippen LogP) is 5.81. The molecule has 0 amide bonds. The first kappa shape index (κ1) is 23.4. The van der Waals surface area contributed by atoms with Crippen LogP contribution >= 0.6 is 0 Å². The molecule has 0 saturated heterocycles. The Bertz CT molecular complexity index is 809. The van der Waals surface area contributed by atoms with Gasteiger partial charge in [0, 0.05) is 5.92 Å². The summed E-state index contributed by atoms with van der Waals surface area (Å²) in [5.74, 6) is -1.30. The Morgan fingerprint density at radius 2 is 1.67 bits per heavy atom. The fraction of sp³-hybridized carbons (Fsp3) is 0.385. The van der Waals surface area contributed by atoms with Crippen LogP contribution in [0.3, 0.4) is 0 Å². The number of carboxylic acid groups (broad SMARTS) is 1. The van der Waals surface area contributed by atoms with E-state index in [9.17, 15) is 14.7 Å². The minimum atomic E-state index is -0.904. The second kappa shape index (κ2) is 12.6. The number of carbonyl (C=O) groups excluding carboxylic acids is 1. The molecule has 0 aliphatic heterocycles. The van der Waals surface area contributed by atoms with Crippen molar-refractivity contribution in [1.29, 1.82) is 0 Å². The molecular weight excluding hydrogens is 376 g/mol. The number of hydrogen-bond acceptors (Lipinski definition) is 3. The average molecular weight is 409 g/mol. The Morgan fingerprint density at radius 1 is 0.967 bits per heavy atom. The van der Waals surface area contributed by atoms with Gasteiger partial charge in [0.1, 0.15) is 11.5 Å². The summed E-state index contributed by atoms with van der Waals surface area (Å²) in [4.78, 5) is 24.0. The maximum atomic E-state index is 12.2. The smallest absolute Gasteiger partial charge is 0.307 e. The standard InChI is InChI=1S/C26H32O4/c1-20(27)24(14-8-4-7-12-21-10-5-3-6-11-21)25(26(28)29)15-9-13-22-16-18-23(30-2)19-17-22/h3,5-6,9-11,13,16-19,24-25H,4,7-8,12,14-15H2,1-2H3,(H,28,29)/b13-9+/t24-,25-/m1/s1. The van der Waals surface area contributed by atoms with Crippen LogP contribution in [0, 0.1) is 11.8 Å². The average Bonchev–Trinajstić information content (AvgIpc) is 2.75. The molecule has 0 unspecified atom stereocenters. The molecule has 0 heterocycles. The summed E-state index contributed by atoms with van der Waals surface area (Å²) in [6.45, 7) is 1.51. The normalized spacial score (nSPS) is 13.1. The number of carbonyl (C=O) groups is 2. The molecule has 2 aromatic carbocycles. The first-order chi connectivity index (χ1) is 14.5. The molecular formula is C26H32O4. The Balaban J connectivity index is 1.86. The summed E-state index contributed by atoms with van der Waals surface area (Å²) >= 11 is 0. The Hall–Kier alpha value is -2.88. The Labute approximate surface area is 179 Å². The summed E-state index contributed by atoms with van der Waals surface area (Å²) in [6, 6.07) is 17.9. The van der Waals surface area contributed by atoms with Crippen molar-refractivity contribution in [3.63, 3.8) is 0 Å². The van der Waals surface area contributed by atoms with Crippen LogP contribution in [0.1, 0.15) is 50.2 Å². The van der Waals surface area contributed by atoms with Crippen molar-refractivity contribution < 1.29 is 19.4 Å². The maximum Gasteiger partial charge on any atom is 0.307 e. The quantitative estimate of drug-likeness (QED) is 0.425. The van der Waals surface area contributed by atoms with E-state index >= 15 is 0 Å². The summed E-state index contributed by atoms with van der Waals surface area (Å²) in [5.41, 5.74) is 2.29. The fourth-order valence-corrected chi connectivity index (χ4v) is 3.71. The van der Waals surface area contributed by atoms with E-state index in [-0.39, 0.29) is 5.78 Å². The third kappa shape index (κ3) is 7.86. The number of unbranched alkanes of at least 4 members (excludes halogenated alkanes) is 2. The molecule has 1 N–H and O–H groups in total. The van der Waals surface area contributed by atoms with Gasteiger partial charge in [0.15, 0.2) is 0 Å². The van der Waals surface area contributed by atoms with Crippen molar-refractivity contribution in [1.82, 2.24) is 0 Å². The molecule has 2 aromatic rings. The molecule has 2 atom stereocenters. The molecule has 0 saturated carbocycles. The Kier molecular flexibility index (Phi) is 9.85. The van der Waals surface area contributed by atoms with Crippen LogP contribution in [-0.2, 0) is 16.0 Å². The van der Waals surface area contributed by atoms with E-state index in [2.05, 4.69) is 12.1 Å². The highest BCUT2D eigenvalue weighted by molar-refractivity contribution is 5.84. The van der Waals surface area contributed by atoms with Crippen LogP contribution in [0.2, 0.25) is 0 Å². The number of Topliss-reactive ketones (excluding diaryl/α,β-unsaturated/α-hetero) is 1. The number of aryl methyl sites for hydroxylation is 1. The highest BCUT2D eigenvalue weighted by Gasteiger charge is 2.30. The summed E-state index contributed by atoms with van der Waals surface area (Å²) in [7, 11) is 1.62. The molecule has 0 aliphatic carbocycles. The van der Waals surface area contributed by atoms with Gasteiger partial charge in [-0.05, 0) is 55.9 Å². The van der Waals surface area contributed by atoms with Gasteiger partial charge in [-0.2, -0.15) is 0 Å². The number of ether oxygens (including phenoxy) is 1. The van der Waals surface area contributed by atoms with E-state index in [0.29, 0.717) is 12.8 Å². The summed E-state index contributed by atoms with van der Waals surface area (Å²) < 4.78 is 5.14. The zero-order chi connectivity index (χ0) is 21.8. The molecule has 0 aliphatic rings. The SMILES string of the molecule is COc1ccc(/C=C/C[C@@H](C(=O)O)[C@H](CCCCCc2ccccc2)C(C)=O)cc1. The topological polar surface area (TPSA) is 63.6 Å². The van der Waals surface area contributed by atoms with Gasteiger partial charge in [0.2, 0.25) is 0 Å². The predicted molar refractivity (Wildman–Crippen MR) is 121 cm³/mol. The van der Waals surface area contributed by atoms with Crippen LogP contribution in [0.25, 0.3) is 6.08 Å². The first-order valence-corrected chi connectivity index (χ1v) is 10.6. The second-order valence-electron chi connectivity index (χ2n) is 7.66. The van der Waals surface area contributed by atoms with Gasteiger partial charge in [-0.15, -0.1) is 0 Å². The lowest BCUT2D eigenvalue weighted by Crippen LogP contribution is -2.28. The molecule has 160 valence electrons. The van der Waals surface area contributed by atoms with Gasteiger partial charge >= 0.3 is 5.97 Å². The lowest BCUT2D eigenvalue weighted by Gasteiger charge is -2.20. The van der Waals surface area contributed by atoms with Gasteiger partial charge < -0.3 is 9.84 Å². The van der Waals surface area contributed by atoms with Crippen LogP contribution in [-0.4, -0.2) is 24.0 Å². The zero-order valence-corrected chi connectivity index (χ0v) is 17.9. The van der Waals surface area contributed by atoms with Gasteiger partial charge in [0.25, 0.3) is 0 Å². The van der Waals surface area contributed by atoms with Crippen molar-refractivity contribution >= 4 is 17.8 Å². The van der Waals surface area contributed by atoms with Crippen molar-refractivity contribution in [2.75, 3.05) is 7.11 Å². The van der Waals surface area contributed by atoms with Crippen LogP contribution < -0.4 is 4.74 Å². The minimum Gasteiger partial charge on any atom is -0.497 e. The van der Waals surface area contributed by atoms with Crippen LogP contribution in [0.15, 0.2) is 60.7 Å². The second-order valence-corrected chi connectivity index (χ2v) is 7.66. The first-order valence-electron chi connectivity index (χ1n) is 10.6. The van der Waals surface area contributed by atoms with E-state index in [1.165, 1.54) is 12.5 Å². The summed E-state index contributed by atoms with van der Waals surface area (Å²) in [6.07, 6.45) is 8.63. The highest BCUT2D eigenvalue weighted by atomic mass is 16.5. The van der Waals surface area contributed by atoms with Crippen molar-refractivity contribution in [3.8, 4) is 5.75 Å². The maximum absolute atomic E-state index is 12.2. The van der Waals surface area contributed by atoms with Crippen molar-refractivity contribution in [2.24, 2.45) is 11.8 Å². The molecule has 0 aromatic heterocycles. The monoisotopic (exact) mass is 408 g/mol. The lowest BCUT2D eigenvalue weighted by atomic mass is 9.82. The molecule has 0 spiro atoms. The number of benzene rings is 2. The number of hydrogen-bond donors (Lipinski definition) is 1. The summed E-state index contributed by atoms with van der Waals surface area (Å²) in [5, 5.41) is 9.71. The molecule has 4 nitrogen and oxygen atoms in total. The lowest BCUT2D eigenvalue weighted by molar-refractivity contribution is -0.146. The molecule has 0 bridgehead atoms. The molecule has 0 fully saturated rings. The van der Waals surface area contributed by atoms with Gasteiger partial charge in [0.05, 0.1) is 13.0 Å². The van der Waals surface area contributed by atoms with E-state index < -0.39 is 17.8 Å². The Morgan fingerprint density at radius 3 is 2.27 bits per heavy atom. The van der Waals surface area contributed by atoms with Crippen molar-refractivity contribution in [2.45, 2.75) is 45.4 Å². The molecule has 30 heavy (non-hydrogen) atoms. The zero-order valence-electron chi connectivity index (χ0n) is 17.9. The molecule has 0 radical (unpaired) electrons. The van der Waals surface area contributed by atoms with E-state index in [1.807, 2.05) is 54.6 Å². The number of aliphatic carboxylic acids is 1. The van der Waals surface area contributed by atoms with Crippen LogP contribution in [0.4, 0.5) is 0 Å². The number of methoxy groups -OCH3 is 1. The van der Waals surface area contributed by atoms with Crippen molar-refractivity contribution in [3.05, 3.63) is 71.8 Å². The van der Waals surface area contributed by atoms with Crippen LogP contribution in [0.5, 0.6) is 5.75 Å². The molecule has 2 rings (SSSR count). The third-order valence-corrected chi connectivity index (χ3v) is 5.46. The van der Waals surface area contributed by atoms with E-state index in [0.717, 1.165) is 37.0 Å². The number of carboxylic acids is 1. The van der Waals surface area contributed by atoms with E-state index in [1.54, 1.807) is 7.11 Å². The largest absolute Gasteiger partial charge is 0.497 e. The number of rotatable bonds is 13. The number of allylic oxidation sites excluding steroid dienone is 1. The number of ketones is 1. The minimum absolute atomic E-state index is 0.0386. The van der Waals surface area contributed by atoms with Gasteiger partial charge in [-0.1, -0.05) is 67.5 Å². The molecule has 4 heteroatoms. The third-order valence-electron chi connectivity index (χ3n) is 5.46.